The van der Waals surface area contributed by atoms with E-state index in [1.807, 2.05) is 38.1 Å². The summed E-state index contributed by atoms with van der Waals surface area (Å²) in [7, 11) is 0. The Morgan fingerprint density at radius 3 is 2.83 bits per heavy atom. The van der Waals surface area contributed by atoms with Crippen LogP contribution in [-0.4, -0.2) is 24.5 Å². The largest absolute Gasteiger partial charge is 0.462 e. The first-order valence-corrected chi connectivity index (χ1v) is 7.86. The van der Waals surface area contributed by atoms with Crippen molar-refractivity contribution in [2.24, 2.45) is 0 Å². The number of para-hydroxylation sites is 1. The number of aryl methyl sites for hydroxylation is 1. The van der Waals surface area contributed by atoms with Crippen LogP contribution in [0.15, 0.2) is 46.9 Å². The number of carbonyl (C=O) groups is 2. The summed E-state index contributed by atoms with van der Waals surface area (Å²) < 4.78 is 10.4. The lowest BCUT2D eigenvalue weighted by Crippen LogP contribution is -2.38. The number of rotatable bonds is 4. The number of ether oxygens (including phenoxy) is 1. The number of amides is 1. The van der Waals surface area contributed by atoms with Crippen LogP contribution in [0, 0.1) is 6.92 Å². The fourth-order valence-electron chi connectivity index (χ4n) is 2.89. The predicted molar refractivity (Wildman–Crippen MR) is 90.5 cm³/mol. The number of fused-ring (bicyclic) bond motifs is 1. The van der Waals surface area contributed by atoms with Crippen molar-refractivity contribution >= 4 is 23.6 Å². The molecule has 1 unspecified atom stereocenters. The molecule has 1 aromatic carbocycles. The van der Waals surface area contributed by atoms with Gasteiger partial charge in [0.05, 0.1) is 0 Å². The third-order valence-electron chi connectivity index (χ3n) is 3.96. The van der Waals surface area contributed by atoms with Gasteiger partial charge in [-0.15, -0.1) is 0 Å². The molecule has 2 heterocycles. The lowest BCUT2D eigenvalue weighted by atomic mass is 10.1. The standard InChI is InChI=1S/C19H19NO4/c1-13-11-15-5-3-4-6-17(15)20(13)18(21)12-23-19(22)10-9-16-8-7-14(2)24-16/h3-10,13H,11-12H2,1-2H3. The molecule has 0 N–H and O–H groups in total. The van der Waals surface area contributed by atoms with E-state index in [1.165, 1.54) is 12.2 Å². The minimum atomic E-state index is -0.572. The third kappa shape index (κ3) is 3.40. The van der Waals surface area contributed by atoms with Gasteiger partial charge in [-0.25, -0.2) is 4.79 Å². The van der Waals surface area contributed by atoms with Gasteiger partial charge in [0.2, 0.25) is 0 Å². The number of nitrogens with zero attached hydrogens (tertiary/aromatic N) is 1. The predicted octanol–water partition coefficient (Wildman–Crippen LogP) is 3.12. The molecule has 1 aliphatic rings. The molecule has 0 aliphatic carbocycles. The molecule has 3 rings (SSSR count). The first kappa shape index (κ1) is 16.1. The number of furan rings is 1. The molecule has 1 amide bonds. The highest BCUT2D eigenvalue weighted by Crippen LogP contribution is 2.31. The van der Waals surface area contributed by atoms with Gasteiger partial charge in [0.15, 0.2) is 6.61 Å². The molecule has 1 aliphatic heterocycles. The van der Waals surface area contributed by atoms with Crippen molar-refractivity contribution in [3.8, 4) is 0 Å². The quantitative estimate of drug-likeness (QED) is 0.640. The van der Waals surface area contributed by atoms with Crippen LogP contribution in [0.3, 0.4) is 0 Å². The maximum absolute atomic E-state index is 12.4. The SMILES string of the molecule is Cc1ccc(C=CC(=O)OCC(=O)N2c3ccccc3CC2C)o1. The lowest BCUT2D eigenvalue weighted by molar-refractivity contribution is -0.143. The summed E-state index contributed by atoms with van der Waals surface area (Å²) in [6.45, 7) is 3.53. The topological polar surface area (TPSA) is 59.8 Å². The Bertz CT molecular complexity index is 790. The monoisotopic (exact) mass is 325 g/mol. The molecule has 0 fully saturated rings. The van der Waals surface area contributed by atoms with E-state index in [2.05, 4.69) is 0 Å². The Balaban J connectivity index is 1.57. The Morgan fingerprint density at radius 2 is 2.08 bits per heavy atom. The van der Waals surface area contributed by atoms with Crippen LogP contribution in [-0.2, 0) is 20.7 Å². The molecule has 0 radical (unpaired) electrons. The van der Waals surface area contributed by atoms with E-state index in [1.54, 1.807) is 17.0 Å². The van der Waals surface area contributed by atoms with Crippen molar-refractivity contribution in [1.82, 2.24) is 0 Å². The maximum atomic E-state index is 12.4. The fourth-order valence-corrected chi connectivity index (χ4v) is 2.89. The second kappa shape index (κ2) is 6.74. The van der Waals surface area contributed by atoms with Gasteiger partial charge in [-0.3, -0.25) is 4.79 Å². The molecular weight excluding hydrogens is 306 g/mol. The number of benzene rings is 1. The molecule has 2 aromatic rings. The van der Waals surface area contributed by atoms with Gasteiger partial charge in [-0.2, -0.15) is 0 Å². The molecule has 0 bridgehead atoms. The molecule has 1 aromatic heterocycles. The minimum absolute atomic E-state index is 0.0650. The van der Waals surface area contributed by atoms with Crippen molar-refractivity contribution in [3.63, 3.8) is 0 Å². The van der Waals surface area contributed by atoms with E-state index in [0.717, 1.165) is 23.4 Å². The molecule has 124 valence electrons. The normalized spacial score (nSPS) is 16.4. The van der Waals surface area contributed by atoms with Crippen molar-refractivity contribution in [3.05, 3.63) is 59.6 Å². The maximum Gasteiger partial charge on any atom is 0.331 e. The van der Waals surface area contributed by atoms with Crippen LogP contribution in [0.2, 0.25) is 0 Å². The number of hydrogen-bond donors (Lipinski definition) is 0. The van der Waals surface area contributed by atoms with Gasteiger partial charge in [-0.1, -0.05) is 18.2 Å². The fraction of sp³-hybridized carbons (Fsp3) is 0.263. The molecule has 1 atom stereocenters. The minimum Gasteiger partial charge on any atom is -0.462 e. The number of hydrogen-bond acceptors (Lipinski definition) is 4. The van der Waals surface area contributed by atoms with E-state index in [0.29, 0.717) is 5.76 Å². The lowest BCUT2D eigenvalue weighted by Gasteiger charge is -2.22. The van der Waals surface area contributed by atoms with Crippen molar-refractivity contribution in [2.75, 3.05) is 11.5 Å². The number of esters is 1. The van der Waals surface area contributed by atoms with Gasteiger partial charge in [0.25, 0.3) is 5.91 Å². The average Bonchev–Trinajstić information content (AvgIpc) is 3.12. The summed E-state index contributed by atoms with van der Waals surface area (Å²) in [6, 6.07) is 11.4. The zero-order valence-electron chi connectivity index (χ0n) is 13.7. The van der Waals surface area contributed by atoms with E-state index >= 15 is 0 Å². The van der Waals surface area contributed by atoms with Crippen LogP contribution in [0.25, 0.3) is 6.08 Å². The summed E-state index contributed by atoms with van der Waals surface area (Å²) in [6.07, 6.45) is 3.59. The van der Waals surface area contributed by atoms with E-state index < -0.39 is 5.97 Å². The summed E-state index contributed by atoms with van der Waals surface area (Å²) in [5.74, 6) is 0.540. The highest BCUT2D eigenvalue weighted by atomic mass is 16.5. The summed E-state index contributed by atoms with van der Waals surface area (Å²) in [5, 5.41) is 0. The highest BCUT2D eigenvalue weighted by Gasteiger charge is 2.30. The van der Waals surface area contributed by atoms with Crippen molar-refractivity contribution in [2.45, 2.75) is 26.3 Å². The molecule has 0 saturated heterocycles. The molecule has 5 nitrogen and oxygen atoms in total. The second-order valence-electron chi connectivity index (χ2n) is 5.84. The van der Waals surface area contributed by atoms with E-state index in [4.69, 9.17) is 9.15 Å². The zero-order chi connectivity index (χ0) is 17.1. The summed E-state index contributed by atoms with van der Waals surface area (Å²) in [5.41, 5.74) is 2.03. The van der Waals surface area contributed by atoms with Crippen LogP contribution in [0.1, 0.15) is 24.0 Å². The number of anilines is 1. The van der Waals surface area contributed by atoms with Gasteiger partial charge in [-0.05, 0) is 50.1 Å². The highest BCUT2D eigenvalue weighted by molar-refractivity contribution is 5.98. The summed E-state index contributed by atoms with van der Waals surface area (Å²) >= 11 is 0. The smallest absolute Gasteiger partial charge is 0.331 e. The number of carbonyl (C=O) groups excluding carboxylic acids is 2. The Hall–Kier alpha value is -2.82. The Kier molecular flexibility index (Phi) is 4.51. The first-order valence-electron chi connectivity index (χ1n) is 7.86. The van der Waals surface area contributed by atoms with Crippen LogP contribution < -0.4 is 4.90 Å². The molecule has 24 heavy (non-hydrogen) atoms. The van der Waals surface area contributed by atoms with Gasteiger partial charge < -0.3 is 14.1 Å². The molecule has 5 heteroatoms. The van der Waals surface area contributed by atoms with E-state index in [-0.39, 0.29) is 18.6 Å². The van der Waals surface area contributed by atoms with Crippen molar-refractivity contribution in [1.29, 1.82) is 0 Å². The van der Waals surface area contributed by atoms with Crippen molar-refractivity contribution < 1.29 is 18.7 Å². The van der Waals surface area contributed by atoms with Gasteiger partial charge >= 0.3 is 5.97 Å². The average molecular weight is 325 g/mol. The zero-order valence-corrected chi connectivity index (χ0v) is 13.7. The third-order valence-corrected chi connectivity index (χ3v) is 3.96. The van der Waals surface area contributed by atoms with Crippen LogP contribution in [0.4, 0.5) is 5.69 Å². The van der Waals surface area contributed by atoms with E-state index in [9.17, 15) is 9.59 Å². The molecular formula is C19H19NO4. The molecule has 0 saturated carbocycles. The Labute approximate surface area is 140 Å². The molecule has 0 spiro atoms. The first-order chi connectivity index (χ1) is 11.5. The van der Waals surface area contributed by atoms with Gasteiger partial charge in [0.1, 0.15) is 11.5 Å². The van der Waals surface area contributed by atoms with Crippen LogP contribution >= 0.6 is 0 Å². The van der Waals surface area contributed by atoms with Crippen LogP contribution in [0.5, 0.6) is 0 Å². The summed E-state index contributed by atoms with van der Waals surface area (Å²) in [4.78, 5) is 25.9. The van der Waals surface area contributed by atoms with Gasteiger partial charge in [0, 0.05) is 17.8 Å². The second-order valence-corrected chi connectivity index (χ2v) is 5.84. The Morgan fingerprint density at radius 1 is 1.29 bits per heavy atom.